The third-order valence-corrected chi connectivity index (χ3v) is 5.10. The van der Waals surface area contributed by atoms with Crippen LogP contribution in [0.2, 0.25) is 0 Å². The fourth-order valence-corrected chi connectivity index (χ4v) is 3.22. The summed E-state index contributed by atoms with van der Waals surface area (Å²) in [5.74, 6) is 0.812. The Hall–Kier alpha value is -3.84. The Morgan fingerprint density at radius 3 is 2.41 bits per heavy atom. The van der Waals surface area contributed by atoms with Crippen LogP contribution in [-0.2, 0) is 11.3 Å². The zero-order valence-electron chi connectivity index (χ0n) is 16.9. The Balaban J connectivity index is 1.57. The van der Waals surface area contributed by atoms with Crippen molar-refractivity contribution in [3.8, 4) is 11.3 Å². The maximum absolute atomic E-state index is 12.8. The van der Waals surface area contributed by atoms with Crippen molar-refractivity contribution in [2.75, 3.05) is 0 Å². The zero-order chi connectivity index (χ0) is 22.3. The van der Waals surface area contributed by atoms with Crippen molar-refractivity contribution in [3.05, 3.63) is 112 Å². The Morgan fingerprint density at radius 2 is 1.69 bits per heavy atom. The molecule has 0 aliphatic carbocycles. The van der Waals surface area contributed by atoms with Crippen molar-refractivity contribution in [1.29, 1.82) is 0 Å². The van der Waals surface area contributed by atoms with Crippen LogP contribution < -0.4 is 10.6 Å². The molecule has 0 saturated heterocycles. The smallest absolute Gasteiger partial charge is 0.268 e. The predicted octanol–water partition coefficient (Wildman–Crippen LogP) is 5.39. The molecule has 32 heavy (non-hydrogen) atoms. The Morgan fingerprint density at radius 1 is 0.906 bits per heavy atom. The molecule has 0 spiro atoms. The van der Waals surface area contributed by atoms with Crippen molar-refractivity contribution in [2.45, 2.75) is 6.54 Å². The van der Waals surface area contributed by atoms with E-state index in [0.29, 0.717) is 22.8 Å². The maximum Gasteiger partial charge on any atom is 0.268 e. The molecule has 2 aromatic heterocycles. The summed E-state index contributed by atoms with van der Waals surface area (Å²) in [5, 5.41) is 5.43. The van der Waals surface area contributed by atoms with Crippen molar-refractivity contribution in [1.82, 2.24) is 10.6 Å². The number of halogens is 1. The van der Waals surface area contributed by atoms with Crippen molar-refractivity contribution in [3.63, 3.8) is 0 Å². The Labute approximate surface area is 193 Å². The van der Waals surface area contributed by atoms with Gasteiger partial charge in [0, 0.05) is 21.7 Å². The van der Waals surface area contributed by atoms with Crippen LogP contribution in [0.4, 0.5) is 0 Å². The highest BCUT2D eigenvalue weighted by atomic mass is 79.9. The van der Waals surface area contributed by atoms with Crippen LogP contribution in [0, 0.1) is 0 Å². The van der Waals surface area contributed by atoms with Crippen LogP contribution in [0.25, 0.3) is 17.4 Å². The molecule has 7 heteroatoms. The standard InChI is InChI=1S/C25H19BrN2O4/c26-19-10-8-17(9-11-19)23-13-12-20(32-23)15-22(25(30)27-16-21-7-4-14-31-21)28-24(29)18-5-2-1-3-6-18/h1-15H,16H2,(H,27,30)(H,28,29)/b22-15+. The summed E-state index contributed by atoms with van der Waals surface area (Å²) in [7, 11) is 0. The zero-order valence-corrected chi connectivity index (χ0v) is 18.5. The molecular formula is C25H19BrN2O4. The molecule has 4 aromatic rings. The van der Waals surface area contributed by atoms with Gasteiger partial charge in [0.05, 0.1) is 12.8 Å². The highest BCUT2D eigenvalue weighted by Gasteiger charge is 2.16. The van der Waals surface area contributed by atoms with Gasteiger partial charge in [0.15, 0.2) is 0 Å². The molecule has 0 bridgehead atoms. The van der Waals surface area contributed by atoms with Crippen molar-refractivity contribution >= 4 is 33.8 Å². The van der Waals surface area contributed by atoms with Gasteiger partial charge < -0.3 is 19.5 Å². The number of nitrogens with one attached hydrogen (secondary N) is 2. The lowest BCUT2D eigenvalue weighted by Crippen LogP contribution is -2.34. The first-order valence-electron chi connectivity index (χ1n) is 9.83. The van der Waals surface area contributed by atoms with E-state index < -0.39 is 11.8 Å². The predicted molar refractivity (Wildman–Crippen MR) is 124 cm³/mol. The van der Waals surface area contributed by atoms with Gasteiger partial charge >= 0.3 is 0 Å². The number of rotatable bonds is 7. The number of furan rings is 2. The maximum atomic E-state index is 12.8. The van der Waals surface area contributed by atoms with E-state index in [1.54, 1.807) is 42.5 Å². The number of carbonyl (C=O) groups is 2. The van der Waals surface area contributed by atoms with Crippen molar-refractivity contribution < 1.29 is 18.4 Å². The minimum absolute atomic E-state index is 0.0575. The van der Waals surface area contributed by atoms with Crippen molar-refractivity contribution in [2.24, 2.45) is 0 Å². The van der Waals surface area contributed by atoms with Gasteiger partial charge in [-0.1, -0.05) is 46.3 Å². The fraction of sp³-hybridized carbons (Fsp3) is 0.0400. The molecule has 0 aliphatic rings. The molecule has 0 unspecified atom stereocenters. The summed E-state index contributed by atoms with van der Waals surface area (Å²) in [6.45, 7) is 0.187. The third kappa shape index (κ3) is 5.44. The quantitative estimate of drug-likeness (QED) is 0.340. The van der Waals surface area contributed by atoms with E-state index in [2.05, 4.69) is 26.6 Å². The lowest BCUT2D eigenvalue weighted by atomic mass is 10.2. The molecule has 0 radical (unpaired) electrons. The fourth-order valence-electron chi connectivity index (χ4n) is 2.96. The van der Waals surface area contributed by atoms with Gasteiger partial charge in [-0.25, -0.2) is 0 Å². The SMILES string of the molecule is O=C(NCc1ccco1)/C(=C\c1ccc(-c2ccc(Br)cc2)o1)NC(=O)c1ccccc1. The second-order valence-corrected chi connectivity index (χ2v) is 7.76. The molecule has 6 nitrogen and oxygen atoms in total. The molecule has 2 amide bonds. The van der Waals surface area contributed by atoms with E-state index >= 15 is 0 Å². The number of carbonyl (C=O) groups excluding carboxylic acids is 2. The van der Waals surface area contributed by atoms with Crippen LogP contribution >= 0.6 is 15.9 Å². The normalized spacial score (nSPS) is 11.2. The highest BCUT2D eigenvalue weighted by Crippen LogP contribution is 2.25. The molecule has 0 aliphatic heterocycles. The molecule has 2 heterocycles. The average molecular weight is 491 g/mol. The Kier molecular flexibility index (Phi) is 6.67. The summed E-state index contributed by atoms with van der Waals surface area (Å²) in [5.41, 5.74) is 1.39. The molecule has 160 valence electrons. The molecule has 0 saturated carbocycles. The second kappa shape index (κ2) is 9.98. The van der Waals surface area contributed by atoms with Gasteiger partial charge in [0.2, 0.25) is 0 Å². The van der Waals surface area contributed by atoms with E-state index in [1.807, 2.05) is 36.4 Å². The van der Waals surface area contributed by atoms with Gasteiger partial charge in [0.25, 0.3) is 11.8 Å². The summed E-state index contributed by atoms with van der Waals surface area (Å²) < 4.78 is 12.1. The van der Waals surface area contributed by atoms with Gasteiger partial charge in [-0.2, -0.15) is 0 Å². The number of benzene rings is 2. The van der Waals surface area contributed by atoms with Crippen LogP contribution in [0.5, 0.6) is 0 Å². The summed E-state index contributed by atoms with van der Waals surface area (Å²) in [6, 6.07) is 23.4. The summed E-state index contributed by atoms with van der Waals surface area (Å²) in [6.07, 6.45) is 3.03. The number of amides is 2. The van der Waals surface area contributed by atoms with E-state index in [0.717, 1.165) is 10.0 Å². The summed E-state index contributed by atoms with van der Waals surface area (Å²) in [4.78, 5) is 25.5. The first kappa shape index (κ1) is 21.4. The number of hydrogen-bond acceptors (Lipinski definition) is 4. The monoisotopic (exact) mass is 490 g/mol. The van der Waals surface area contributed by atoms with E-state index in [1.165, 1.54) is 12.3 Å². The van der Waals surface area contributed by atoms with Crippen LogP contribution in [0.15, 0.2) is 104 Å². The highest BCUT2D eigenvalue weighted by molar-refractivity contribution is 9.10. The van der Waals surface area contributed by atoms with E-state index in [9.17, 15) is 9.59 Å². The lowest BCUT2D eigenvalue weighted by molar-refractivity contribution is -0.118. The molecule has 0 atom stereocenters. The Bertz CT molecular complexity index is 1230. The topological polar surface area (TPSA) is 84.5 Å². The molecule has 0 fully saturated rings. The first-order chi connectivity index (χ1) is 15.6. The van der Waals surface area contributed by atoms with Crippen LogP contribution in [0.1, 0.15) is 21.9 Å². The second-order valence-electron chi connectivity index (χ2n) is 6.85. The largest absolute Gasteiger partial charge is 0.467 e. The van der Waals surface area contributed by atoms with E-state index in [-0.39, 0.29) is 12.2 Å². The van der Waals surface area contributed by atoms with Crippen LogP contribution in [0.3, 0.4) is 0 Å². The minimum atomic E-state index is -0.465. The first-order valence-corrected chi connectivity index (χ1v) is 10.6. The average Bonchev–Trinajstić information content (AvgIpc) is 3.50. The van der Waals surface area contributed by atoms with Gasteiger partial charge in [-0.3, -0.25) is 9.59 Å². The lowest BCUT2D eigenvalue weighted by Gasteiger charge is -2.10. The number of hydrogen-bond donors (Lipinski definition) is 2. The minimum Gasteiger partial charge on any atom is -0.467 e. The van der Waals surface area contributed by atoms with Gasteiger partial charge in [-0.15, -0.1) is 0 Å². The van der Waals surface area contributed by atoms with Gasteiger partial charge in [0.1, 0.15) is 23.0 Å². The molecule has 2 N–H and O–H groups in total. The van der Waals surface area contributed by atoms with Crippen LogP contribution in [-0.4, -0.2) is 11.8 Å². The summed E-state index contributed by atoms with van der Waals surface area (Å²) >= 11 is 3.41. The van der Waals surface area contributed by atoms with Gasteiger partial charge in [-0.05, 0) is 48.5 Å². The molecule has 4 rings (SSSR count). The molecular weight excluding hydrogens is 472 g/mol. The third-order valence-electron chi connectivity index (χ3n) is 4.57. The molecule has 2 aromatic carbocycles. The van der Waals surface area contributed by atoms with E-state index in [4.69, 9.17) is 8.83 Å².